The van der Waals surface area contributed by atoms with Crippen molar-refractivity contribution in [1.29, 1.82) is 0 Å². The van der Waals surface area contributed by atoms with Gasteiger partial charge in [-0.05, 0) is 44.0 Å². The maximum Gasteiger partial charge on any atom is 0.263 e. The van der Waals surface area contributed by atoms with Crippen molar-refractivity contribution < 1.29 is 23.1 Å². The average molecular weight is 381 g/mol. The fourth-order valence-electron chi connectivity index (χ4n) is 3.67. The number of fused-ring (bicyclic) bond motifs is 1. The average Bonchev–Trinajstić information content (AvgIpc) is 3.01. The number of alkyl halides is 2. The number of piperidine rings is 1. The van der Waals surface area contributed by atoms with Crippen molar-refractivity contribution in [3.8, 4) is 5.75 Å². The Morgan fingerprint density at radius 2 is 2.11 bits per heavy atom. The number of carbonyl (C=O) groups excluding carboxylic acids is 2. The number of ether oxygens (including phenoxy) is 1. The molecule has 2 unspecified atom stereocenters. The molecule has 148 valence electrons. The highest BCUT2D eigenvalue weighted by Crippen LogP contribution is 2.34. The molecule has 27 heavy (non-hydrogen) atoms. The molecule has 0 aliphatic carbocycles. The van der Waals surface area contributed by atoms with Gasteiger partial charge in [0.05, 0.1) is 12.1 Å². The van der Waals surface area contributed by atoms with Crippen molar-refractivity contribution in [2.75, 3.05) is 26.7 Å². The van der Waals surface area contributed by atoms with E-state index in [1.165, 1.54) is 13.1 Å². The van der Waals surface area contributed by atoms with Crippen molar-refractivity contribution in [2.45, 2.75) is 38.2 Å². The molecule has 2 aliphatic rings. The van der Waals surface area contributed by atoms with Crippen LogP contribution in [0.2, 0.25) is 0 Å². The maximum absolute atomic E-state index is 13.9. The minimum Gasteiger partial charge on any atom is -0.489 e. The number of benzene rings is 1. The Kier molecular flexibility index (Phi) is 5.64. The number of carbonyl (C=O) groups is 2. The van der Waals surface area contributed by atoms with Gasteiger partial charge in [-0.3, -0.25) is 9.59 Å². The molecule has 2 atom stereocenters. The van der Waals surface area contributed by atoms with Gasteiger partial charge >= 0.3 is 0 Å². The summed E-state index contributed by atoms with van der Waals surface area (Å²) >= 11 is 0. The summed E-state index contributed by atoms with van der Waals surface area (Å²) in [7, 11) is 1.51. The van der Waals surface area contributed by atoms with Crippen molar-refractivity contribution >= 4 is 11.8 Å². The Hall–Kier alpha value is -2.22. The van der Waals surface area contributed by atoms with Gasteiger partial charge in [-0.1, -0.05) is 0 Å². The van der Waals surface area contributed by atoms with E-state index in [1.54, 1.807) is 6.07 Å². The van der Waals surface area contributed by atoms with E-state index < -0.39 is 11.8 Å². The second kappa shape index (κ2) is 7.80. The molecule has 2 amide bonds. The fourth-order valence-corrected chi connectivity index (χ4v) is 3.67. The molecule has 1 aromatic rings. The summed E-state index contributed by atoms with van der Waals surface area (Å²) in [4.78, 5) is 24.6. The van der Waals surface area contributed by atoms with E-state index in [1.807, 2.05) is 6.92 Å². The van der Waals surface area contributed by atoms with Gasteiger partial charge in [-0.25, -0.2) is 8.78 Å². The van der Waals surface area contributed by atoms with Crippen LogP contribution in [-0.4, -0.2) is 50.5 Å². The minimum absolute atomic E-state index is 0.0659. The fraction of sp³-hybridized carbons (Fsp3) is 0.579. The molecule has 0 spiro atoms. The molecule has 0 bridgehead atoms. The first-order valence-electron chi connectivity index (χ1n) is 9.24. The van der Waals surface area contributed by atoms with Crippen LogP contribution in [0.1, 0.15) is 46.0 Å². The number of hydrogen-bond donors (Lipinski definition) is 3. The molecule has 1 fully saturated rings. The van der Waals surface area contributed by atoms with Crippen LogP contribution in [0.3, 0.4) is 0 Å². The third kappa shape index (κ3) is 4.21. The van der Waals surface area contributed by atoms with Crippen LogP contribution >= 0.6 is 0 Å². The summed E-state index contributed by atoms with van der Waals surface area (Å²) < 4.78 is 33.4. The largest absolute Gasteiger partial charge is 0.489 e. The van der Waals surface area contributed by atoms with Gasteiger partial charge in [0, 0.05) is 31.5 Å². The van der Waals surface area contributed by atoms with Crippen LogP contribution < -0.4 is 20.7 Å². The molecule has 2 aliphatic heterocycles. The van der Waals surface area contributed by atoms with Gasteiger partial charge in [0.15, 0.2) is 0 Å². The van der Waals surface area contributed by atoms with E-state index in [9.17, 15) is 18.4 Å². The van der Waals surface area contributed by atoms with Crippen LogP contribution in [0.25, 0.3) is 0 Å². The number of hydrogen-bond acceptors (Lipinski definition) is 4. The zero-order valence-electron chi connectivity index (χ0n) is 15.5. The molecule has 6 nitrogen and oxygen atoms in total. The SMILES string of the molecule is CNC(=O)c1cc(C(=O)NCCC2CCNCC2(F)F)cc2c1OC(C)C2. The third-order valence-electron chi connectivity index (χ3n) is 5.13. The zero-order chi connectivity index (χ0) is 19.6. The Bertz CT molecular complexity index is 739. The topological polar surface area (TPSA) is 79.5 Å². The van der Waals surface area contributed by atoms with Crippen molar-refractivity contribution in [3.05, 3.63) is 28.8 Å². The second-order valence-corrected chi connectivity index (χ2v) is 7.19. The van der Waals surface area contributed by atoms with E-state index in [-0.39, 0.29) is 37.4 Å². The summed E-state index contributed by atoms with van der Waals surface area (Å²) in [6.07, 6.45) is 1.15. The summed E-state index contributed by atoms with van der Waals surface area (Å²) in [6, 6.07) is 3.20. The van der Waals surface area contributed by atoms with E-state index in [0.717, 1.165) is 5.56 Å². The maximum atomic E-state index is 13.9. The van der Waals surface area contributed by atoms with Crippen LogP contribution in [0.4, 0.5) is 8.78 Å². The lowest BCUT2D eigenvalue weighted by Gasteiger charge is -2.31. The van der Waals surface area contributed by atoms with Crippen LogP contribution in [0, 0.1) is 5.92 Å². The lowest BCUT2D eigenvalue weighted by molar-refractivity contribution is -0.0754. The van der Waals surface area contributed by atoms with E-state index in [0.29, 0.717) is 36.3 Å². The summed E-state index contributed by atoms with van der Waals surface area (Å²) in [6.45, 7) is 2.31. The molecule has 3 N–H and O–H groups in total. The highest BCUT2D eigenvalue weighted by atomic mass is 19.3. The summed E-state index contributed by atoms with van der Waals surface area (Å²) in [5.74, 6) is -3.69. The van der Waals surface area contributed by atoms with E-state index in [2.05, 4.69) is 16.0 Å². The predicted octanol–water partition coefficient (Wildman–Crippen LogP) is 1.73. The zero-order valence-corrected chi connectivity index (χ0v) is 15.5. The van der Waals surface area contributed by atoms with Gasteiger partial charge in [0.2, 0.25) is 0 Å². The Morgan fingerprint density at radius 3 is 2.81 bits per heavy atom. The van der Waals surface area contributed by atoms with Crippen LogP contribution in [-0.2, 0) is 6.42 Å². The van der Waals surface area contributed by atoms with Crippen LogP contribution in [0.5, 0.6) is 5.75 Å². The van der Waals surface area contributed by atoms with Crippen molar-refractivity contribution in [3.63, 3.8) is 0 Å². The highest BCUT2D eigenvalue weighted by molar-refractivity contribution is 6.02. The third-order valence-corrected chi connectivity index (χ3v) is 5.13. The lowest BCUT2D eigenvalue weighted by atomic mass is 9.91. The van der Waals surface area contributed by atoms with Crippen LogP contribution in [0.15, 0.2) is 12.1 Å². The first-order chi connectivity index (χ1) is 12.8. The Balaban J connectivity index is 1.68. The molecule has 0 aromatic heterocycles. The van der Waals surface area contributed by atoms with Gasteiger partial charge in [-0.2, -0.15) is 0 Å². The highest BCUT2D eigenvalue weighted by Gasteiger charge is 2.40. The number of nitrogens with one attached hydrogen (secondary N) is 3. The van der Waals surface area contributed by atoms with Gasteiger partial charge in [0.25, 0.3) is 17.7 Å². The summed E-state index contributed by atoms with van der Waals surface area (Å²) in [5, 5.41) is 7.95. The van der Waals surface area contributed by atoms with Crippen molar-refractivity contribution in [2.24, 2.45) is 5.92 Å². The first kappa shape index (κ1) is 19.5. The number of rotatable bonds is 5. The Morgan fingerprint density at radius 1 is 1.33 bits per heavy atom. The van der Waals surface area contributed by atoms with Gasteiger partial charge in [-0.15, -0.1) is 0 Å². The standard InChI is InChI=1S/C19H25F2N3O3/c1-11-7-12-8-13(9-15(16(12)27-11)18(26)22-2)17(25)24-6-4-14-3-5-23-10-19(14,20)21/h8-9,11,14,23H,3-7,10H2,1-2H3,(H,22,26)(H,24,25). The van der Waals surface area contributed by atoms with E-state index >= 15 is 0 Å². The lowest BCUT2D eigenvalue weighted by Crippen LogP contribution is -2.47. The predicted molar refractivity (Wildman–Crippen MR) is 96.5 cm³/mol. The Labute approximate surface area is 157 Å². The molecule has 3 rings (SSSR count). The smallest absolute Gasteiger partial charge is 0.263 e. The monoisotopic (exact) mass is 381 g/mol. The number of halogens is 2. The normalized spacial score (nSPS) is 23.3. The number of amides is 2. The van der Waals surface area contributed by atoms with Gasteiger partial charge < -0.3 is 20.7 Å². The molecular weight excluding hydrogens is 356 g/mol. The summed E-state index contributed by atoms with van der Waals surface area (Å²) in [5.41, 5.74) is 1.45. The molecule has 2 heterocycles. The molecule has 0 radical (unpaired) electrons. The molecule has 1 aromatic carbocycles. The molecular formula is C19H25F2N3O3. The van der Waals surface area contributed by atoms with Crippen molar-refractivity contribution in [1.82, 2.24) is 16.0 Å². The molecule has 0 saturated carbocycles. The minimum atomic E-state index is -2.75. The first-order valence-corrected chi connectivity index (χ1v) is 9.24. The second-order valence-electron chi connectivity index (χ2n) is 7.19. The molecule has 1 saturated heterocycles. The quantitative estimate of drug-likeness (QED) is 0.726. The van der Waals surface area contributed by atoms with E-state index in [4.69, 9.17) is 4.74 Å². The molecule has 8 heteroatoms. The van der Waals surface area contributed by atoms with Gasteiger partial charge in [0.1, 0.15) is 11.9 Å².